The number of aromatic amines is 1. The lowest BCUT2D eigenvalue weighted by molar-refractivity contribution is -0.121. The van der Waals surface area contributed by atoms with Crippen LogP contribution in [-0.2, 0) is 17.9 Å². The summed E-state index contributed by atoms with van der Waals surface area (Å²) in [6, 6.07) is 9.89. The number of rotatable bonds is 6. The first-order valence-corrected chi connectivity index (χ1v) is 7.31. The van der Waals surface area contributed by atoms with Crippen LogP contribution in [0.2, 0.25) is 0 Å². The monoisotopic (exact) mass is 311 g/mol. The molecular weight excluding hydrogens is 294 g/mol. The van der Waals surface area contributed by atoms with Crippen LogP contribution in [0.3, 0.4) is 0 Å². The van der Waals surface area contributed by atoms with Gasteiger partial charge in [0.15, 0.2) is 0 Å². The molecule has 0 aliphatic carbocycles. The zero-order valence-corrected chi connectivity index (χ0v) is 12.7. The predicted molar refractivity (Wildman–Crippen MR) is 83.0 cm³/mol. The van der Waals surface area contributed by atoms with E-state index in [-0.39, 0.29) is 5.91 Å². The van der Waals surface area contributed by atoms with Gasteiger partial charge >= 0.3 is 0 Å². The average molecular weight is 311 g/mol. The molecule has 3 aromatic rings. The third-order valence-corrected chi connectivity index (χ3v) is 3.52. The second kappa shape index (κ2) is 6.82. The molecule has 0 atom stereocenters. The van der Waals surface area contributed by atoms with Gasteiger partial charge in [0.1, 0.15) is 5.82 Å². The molecular formula is C15H17N7O. The van der Waals surface area contributed by atoms with Gasteiger partial charge < -0.3 is 5.32 Å². The SMILES string of the molecule is Cc1nnnn1CCC(=O)NCc1cn[nH]c1-c1ccccc1. The lowest BCUT2D eigenvalue weighted by atomic mass is 10.1. The molecule has 0 aliphatic rings. The number of tetrazole rings is 1. The summed E-state index contributed by atoms with van der Waals surface area (Å²) < 4.78 is 1.60. The Hall–Kier alpha value is -3.03. The molecule has 2 N–H and O–H groups in total. The van der Waals surface area contributed by atoms with Crippen LogP contribution in [0.5, 0.6) is 0 Å². The van der Waals surface area contributed by atoms with E-state index < -0.39 is 0 Å². The van der Waals surface area contributed by atoms with Crippen molar-refractivity contribution < 1.29 is 4.79 Å². The van der Waals surface area contributed by atoms with Crippen molar-refractivity contribution in [1.29, 1.82) is 0 Å². The lowest BCUT2D eigenvalue weighted by Gasteiger charge is -2.06. The van der Waals surface area contributed by atoms with E-state index in [4.69, 9.17) is 0 Å². The van der Waals surface area contributed by atoms with Gasteiger partial charge in [-0.2, -0.15) is 5.10 Å². The van der Waals surface area contributed by atoms with Crippen LogP contribution in [0.25, 0.3) is 11.3 Å². The average Bonchev–Trinajstić information content (AvgIpc) is 3.20. The minimum absolute atomic E-state index is 0.0555. The van der Waals surface area contributed by atoms with Crippen LogP contribution in [0.15, 0.2) is 36.5 Å². The van der Waals surface area contributed by atoms with Crippen LogP contribution in [0.1, 0.15) is 17.8 Å². The number of hydrogen-bond acceptors (Lipinski definition) is 5. The van der Waals surface area contributed by atoms with E-state index in [0.717, 1.165) is 16.8 Å². The standard InChI is InChI=1S/C15H17N7O/c1-11-18-20-21-22(11)8-7-14(23)16-9-13-10-17-19-15(13)12-5-3-2-4-6-12/h2-6,10H,7-9H2,1H3,(H,16,23)(H,17,19). The molecule has 0 fully saturated rings. The first-order chi connectivity index (χ1) is 11.2. The molecule has 1 aromatic carbocycles. The van der Waals surface area contributed by atoms with E-state index in [0.29, 0.717) is 25.3 Å². The Morgan fingerprint density at radius 3 is 2.87 bits per heavy atom. The number of carbonyl (C=O) groups excluding carboxylic acids is 1. The van der Waals surface area contributed by atoms with E-state index in [1.165, 1.54) is 0 Å². The first kappa shape index (κ1) is 14.9. The van der Waals surface area contributed by atoms with Crippen molar-refractivity contribution in [3.8, 4) is 11.3 Å². The minimum atomic E-state index is -0.0555. The van der Waals surface area contributed by atoms with Crippen LogP contribution >= 0.6 is 0 Å². The van der Waals surface area contributed by atoms with Crippen LogP contribution in [0, 0.1) is 6.92 Å². The molecule has 8 nitrogen and oxygen atoms in total. The highest BCUT2D eigenvalue weighted by Crippen LogP contribution is 2.20. The molecule has 0 radical (unpaired) electrons. The first-order valence-electron chi connectivity index (χ1n) is 7.31. The van der Waals surface area contributed by atoms with Crippen molar-refractivity contribution in [2.24, 2.45) is 0 Å². The van der Waals surface area contributed by atoms with Crippen molar-refractivity contribution in [1.82, 2.24) is 35.7 Å². The second-order valence-corrected chi connectivity index (χ2v) is 5.11. The highest BCUT2D eigenvalue weighted by atomic mass is 16.1. The summed E-state index contributed by atoms with van der Waals surface area (Å²) in [6.45, 7) is 2.69. The predicted octanol–water partition coefficient (Wildman–Crippen LogP) is 1.08. The van der Waals surface area contributed by atoms with Gasteiger partial charge in [0, 0.05) is 18.5 Å². The number of nitrogens with one attached hydrogen (secondary N) is 2. The molecule has 118 valence electrons. The molecule has 0 aliphatic heterocycles. The van der Waals surface area contributed by atoms with E-state index >= 15 is 0 Å². The maximum Gasteiger partial charge on any atom is 0.222 e. The fourth-order valence-corrected chi connectivity index (χ4v) is 2.25. The molecule has 0 unspecified atom stereocenters. The number of benzene rings is 1. The van der Waals surface area contributed by atoms with E-state index in [2.05, 4.69) is 31.0 Å². The molecule has 0 spiro atoms. The molecule has 23 heavy (non-hydrogen) atoms. The summed E-state index contributed by atoms with van der Waals surface area (Å²) in [5, 5.41) is 21.1. The van der Waals surface area contributed by atoms with Crippen LogP contribution in [-0.4, -0.2) is 36.3 Å². The topological polar surface area (TPSA) is 101 Å². The van der Waals surface area contributed by atoms with Gasteiger partial charge in [-0.15, -0.1) is 5.10 Å². The third kappa shape index (κ3) is 3.60. The van der Waals surface area contributed by atoms with E-state index in [1.807, 2.05) is 30.3 Å². The summed E-state index contributed by atoms with van der Waals surface area (Å²) in [7, 11) is 0. The van der Waals surface area contributed by atoms with Crippen LogP contribution < -0.4 is 5.32 Å². The number of aromatic nitrogens is 6. The molecule has 2 heterocycles. The Morgan fingerprint density at radius 2 is 2.13 bits per heavy atom. The molecule has 8 heteroatoms. The van der Waals surface area contributed by atoms with Gasteiger partial charge in [-0.3, -0.25) is 9.89 Å². The zero-order valence-electron chi connectivity index (χ0n) is 12.7. The Balaban J connectivity index is 1.56. The molecule has 1 amide bonds. The fourth-order valence-electron chi connectivity index (χ4n) is 2.25. The summed E-state index contributed by atoms with van der Waals surface area (Å²) in [4.78, 5) is 12.0. The normalized spacial score (nSPS) is 10.7. The zero-order chi connectivity index (χ0) is 16.1. The fraction of sp³-hybridized carbons (Fsp3) is 0.267. The Bertz CT molecular complexity index is 778. The molecule has 2 aromatic heterocycles. The van der Waals surface area contributed by atoms with Gasteiger partial charge in [0.05, 0.1) is 18.4 Å². The van der Waals surface area contributed by atoms with Crippen molar-refractivity contribution in [3.05, 3.63) is 47.9 Å². The Labute approximate surface area is 132 Å². The quantitative estimate of drug-likeness (QED) is 0.709. The smallest absolute Gasteiger partial charge is 0.222 e. The summed E-state index contributed by atoms with van der Waals surface area (Å²) in [5.74, 6) is 0.638. The summed E-state index contributed by atoms with van der Waals surface area (Å²) in [5.41, 5.74) is 2.91. The highest BCUT2D eigenvalue weighted by Gasteiger charge is 2.10. The van der Waals surface area contributed by atoms with Gasteiger partial charge in [-0.05, 0) is 22.9 Å². The van der Waals surface area contributed by atoms with Crippen LogP contribution in [0.4, 0.5) is 0 Å². The molecule has 0 bridgehead atoms. The van der Waals surface area contributed by atoms with Gasteiger partial charge in [0.2, 0.25) is 5.91 Å². The van der Waals surface area contributed by atoms with Gasteiger partial charge in [0.25, 0.3) is 0 Å². The maximum absolute atomic E-state index is 12.0. The Morgan fingerprint density at radius 1 is 1.30 bits per heavy atom. The lowest BCUT2D eigenvalue weighted by Crippen LogP contribution is -2.24. The number of hydrogen-bond donors (Lipinski definition) is 2. The molecule has 0 saturated carbocycles. The number of amides is 1. The molecule has 0 saturated heterocycles. The van der Waals surface area contributed by atoms with Crippen molar-refractivity contribution >= 4 is 5.91 Å². The minimum Gasteiger partial charge on any atom is -0.352 e. The number of aryl methyl sites for hydroxylation is 2. The molecule has 3 rings (SSSR count). The number of H-pyrrole nitrogens is 1. The summed E-state index contributed by atoms with van der Waals surface area (Å²) >= 11 is 0. The van der Waals surface area contributed by atoms with Crippen molar-refractivity contribution in [3.63, 3.8) is 0 Å². The third-order valence-electron chi connectivity index (χ3n) is 3.52. The van der Waals surface area contributed by atoms with E-state index in [1.54, 1.807) is 17.8 Å². The van der Waals surface area contributed by atoms with Crippen molar-refractivity contribution in [2.45, 2.75) is 26.4 Å². The number of carbonyl (C=O) groups is 1. The second-order valence-electron chi connectivity index (χ2n) is 5.11. The van der Waals surface area contributed by atoms with Crippen molar-refractivity contribution in [2.75, 3.05) is 0 Å². The largest absolute Gasteiger partial charge is 0.352 e. The maximum atomic E-state index is 12.0. The van der Waals surface area contributed by atoms with Gasteiger partial charge in [-0.25, -0.2) is 4.68 Å². The number of nitrogens with zero attached hydrogens (tertiary/aromatic N) is 5. The highest BCUT2D eigenvalue weighted by molar-refractivity contribution is 5.76. The van der Waals surface area contributed by atoms with Gasteiger partial charge in [-0.1, -0.05) is 30.3 Å². The Kier molecular flexibility index (Phi) is 4.41. The van der Waals surface area contributed by atoms with E-state index in [9.17, 15) is 4.79 Å². The summed E-state index contributed by atoms with van der Waals surface area (Å²) in [6.07, 6.45) is 2.05.